The molecular weight excluding hydrogens is 268 g/mol. The van der Waals surface area contributed by atoms with E-state index in [1.807, 2.05) is 12.3 Å². The Hall–Kier alpha value is -0.170. The minimum atomic E-state index is -3.20. The standard InChI is InChI=1S/C9H15ClN2O2S2/c1-8-11-9(7-15-8)6-12(2)16(13,14)5-3-4-10/h7H,3-6H2,1-2H3. The maximum Gasteiger partial charge on any atom is 0.214 e. The van der Waals surface area contributed by atoms with E-state index in [1.54, 1.807) is 7.05 Å². The number of alkyl halides is 1. The van der Waals surface area contributed by atoms with Gasteiger partial charge in [0.05, 0.1) is 23.0 Å². The number of aromatic nitrogens is 1. The maximum absolute atomic E-state index is 11.7. The summed E-state index contributed by atoms with van der Waals surface area (Å²) in [4.78, 5) is 4.23. The van der Waals surface area contributed by atoms with Crippen LogP contribution in [0.25, 0.3) is 0 Å². The molecule has 1 heterocycles. The first-order valence-corrected chi connectivity index (χ1v) is 7.89. The van der Waals surface area contributed by atoms with Crippen LogP contribution in [0.5, 0.6) is 0 Å². The van der Waals surface area contributed by atoms with E-state index in [9.17, 15) is 8.42 Å². The highest BCUT2D eigenvalue weighted by molar-refractivity contribution is 7.89. The quantitative estimate of drug-likeness (QED) is 0.748. The van der Waals surface area contributed by atoms with Crippen LogP contribution >= 0.6 is 22.9 Å². The summed E-state index contributed by atoms with van der Waals surface area (Å²) in [6.07, 6.45) is 0.477. The molecule has 0 atom stereocenters. The Bertz CT molecular complexity index is 430. The van der Waals surface area contributed by atoms with Gasteiger partial charge < -0.3 is 0 Å². The van der Waals surface area contributed by atoms with E-state index in [4.69, 9.17) is 11.6 Å². The number of halogens is 1. The molecule has 16 heavy (non-hydrogen) atoms. The van der Waals surface area contributed by atoms with Crippen molar-refractivity contribution in [2.45, 2.75) is 19.9 Å². The molecule has 1 aromatic heterocycles. The zero-order chi connectivity index (χ0) is 12.2. The molecule has 0 aliphatic carbocycles. The van der Waals surface area contributed by atoms with Gasteiger partial charge in [0, 0.05) is 18.3 Å². The number of nitrogens with zero attached hydrogens (tertiary/aromatic N) is 2. The molecule has 0 aromatic carbocycles. The number of aryl methyl sites for hydroxylation is 1. The van der Waals surface area contributed by atoms with E-state index >= 15 is 0 Å². The van der Waals surface area contributed by atoms with Crippen molar-refractivity contribution in [3.8, 4) is 0 Å². The molecule has 0 N–H and O–H groups in total. The average molecular weight is 283 g/mol. The Morgan fingerprint density at radius 1 is 1.56 bits per heavy atom. The minimum absolute atomic E-state index is 0.0934. The van der Waals surface area contributed by atoms with Crippen LogP contribution in [0.2, 0.25) is 0 Å². The first kappa shape index (κ1) is 13.9. The molecule has 0 saturated carbocycles. The van der Waals surface area contributed by atoms with E-state index in [2.05, 4.69) is 4.98 Å². The Morgan fingerprint density at radius 3 is 2.75 bits per heavy atom. The van der Waals surface area contributed by atoms with Crippen LogP contribution in [0.15, 0.2) is 5.38 Å². The van der Waals surface area contributed by atoms with Crippen molar-refractivity contribution in [2.75, 3.05) is 18.7 Å². The highest BCUT2D eigenvalue weighted by atomic mass is 35.5. The van der Waals surface area contributed by atoms with Gasteiger partial charge in [0.25, 0.3) is 0 Å². The van der Waals surface area contributed by atoms with E-state index in [0.29, 0.717) is 18.8 Å². The molecule has 1 aromatic rings. The van der Waals surface area contributed by atoms with E-state index in [-0.39, 0.29) is 5.75 Å². The predicted molar refractivity (Wildman–Crippen MR) is 67.4 cm³/mol. The number of rotatable bonds is 6. The van der Waals surface area contributed by atoms with E-state index in [1.165, 1.54) is 15.6 Å². The number of sulfonamides is 1. The van der Waals surface area contributed by atoms with Gasteiger partial charge in [-0.15, -0.1) is 22.9 Å². The molecule has 0 amide bonds. The Labute approximate surface area is 105 Å². The third-order valence-electron chi connectivity index (χ3n) is 2.06. The number of hydrogen-bond acceptors (Lipinski definition) is 4. The fourth-order valence-corrected chi connectivity index (χ4v) is 3.25. The highest BCUT2D eigenvalue weighted by Crippen LogP contribution is 2.12. The van der Waals surface area contributed by atoms with Crippen molar-refractivity contribution >= 4 is 33.0 Å². The predicted octanol–water partition coefficient (Wildman–Crippen LogP) is 1.84. The first-order valence-electron chi connectivity index (χ1n) is 4.86. The molecule has 0 saturated heterocycles. The largest absolute Gasteiger partial charge is 0.245 e. The second kappa shape index (κ2) is 5.95. The highest BCUT2D eigenvalue weighted by Gasteiger charge is 2.18. The van der Waals surface area contributed by atoms with Gasteiger partial charge in [0.2, 0.25) is 10.0 Å². The van der Waals surface area contributed by atoms with Crippen LogP contribution in [0, 0.1) is 6.92 Å². The first-order chi connectivity index (χ1) is 7.45. The Kier molecular flexibility index (Phi) is 5.17. The summed E-state index contributed by atoms with van der Waals surface area (Å²) in [6.45, 7) is 2.23. The second-order valence-electron chi connectivity index (χ2n) is 3.47. The summed E-state index contributed by atoms with van der Waals surface area (Å²) in [7, 11) is -1.63. The zero-order valence-corrected chi connectivity index (χ0v) is 11.7. The van der Waals surface area contributed by atoms with E-state index in [0.717, 1.165) is 10.7 Å². The molecule has 1 rings (SSSR count). The lowest BCUT2D eigenvalue weighted by Gasteiger charge is -2.15. The smallest absolute Gasteiger partial charge is 0.214 e. The van der Waals surface area contributed by atoms with Crippen molar-refractivity contribution < 1.29 is 8.42 Å². The molecule has 0 radical (unpaired) electrons. The van der Waals surface area contributed by atoms with Gasteiger partial charge in [-0.05, 0) is 13.3 Å². The van der Waals surface area contributed by atoms with Crippen LogP contribution in [0.1, 0.15) is 17.1 Å². The molecule has 92 valence electrons. The van der Waals surface area contributed by atoms with Crippen molar-refractivity contribution in [3.05, 3.63) is 16.1 Å². The van der Waals surface area contributed by atoms with Crippen LogP contribution in [-0.2, 0) is 16.6 Å². The summed E-state index contributed by atoms with van der Waals surface area (Å²) in [5.41, 5.74) is 0.791. The number of hydrogen-bond donors (Lipinski definition) is 0. The fourth-order valence-electron chi connectivity index (χ4n) is 1.20. The monoisotopic (exact) mass is 282 g/mol. The lowest BCUT2D eigenvalue weighted by molar-refractivity contribution is 0.462. The molecule has 0 aliphatic heterocycles. The van der Waals surface area contributed by atoms with Gasteiger partial charge in [-0.2, -0.15) is 4.31 Å². The lowest BCUT2D eigenvalue weighted by Crippen LogP contribution is -2.29. The molecule has 0 fully saturated rings. The maximum atomic E-state index is 11.7. The molecule has 0 bridgehead atoms. The summed E-state index contributed by atoms with van der Waals surface area (Å²) in [5.74, 6) is 0.457. The van der Waals surface area contributed by atoms with Crippen LogP contribution < -0.4 is 0 Å². The third-order valence-corrected chi connectivity index (χ3v) is 5.04. The van der Waals surface area contributed by atoms with Gasteiger partial charge in [0.15, 0.2) is 0 Å². The van der Waals surface area contributed by atoms with Crippen molar-refractivity contribution in [3.63, 3.8) is 0 Å². The molecule has 0 aliphatic rings. The summed E-state index contributed by atoms with van der Waals surface area (Å²) >= 11 is 7.00. The number of thiazole rings is 1. The van der Waals surface area contributed by atoms with Gasteiger partial charge >= 0.3 is 0 Å². The average Bonchev–Trinajstić information content (AvgIpc) is 2.61. The summed E-state index contributed by atoms with van der Waals surface area (Å²) in [6, 6.07) is 0. The third kappa shape index (κ3) is 4.01. The second-order valence-corrected chi connectivity index (χ2v) is 7.11. The van der Waals surface area contributed by atoms with E-state index < -0.39 is 10.0 Å². The molecule has 4 nitrogen and oxygen atoms in total. The topological polar surface area (TPSA) is 50.3 Å². The minimum Gasteiger partial charge on any atom is -0.245 e. The molecular formula is C9H15ClN2O2S2. The molecule has 7 heteroatoms. The van der Waals surface area contributed by atoms with Crippen LogP contribution in [-0.4, -0.2) is 36.4 Å². The fraction of sp³-hybridized carbons (Fsp3) is 0.667. The SMILES string of the molecule is Cc1nc(CN(C)S(=O)(=O)CCCCl)cs1. The van der Waals surface area contributed by atoms with Crippen molar-refractivity contribution in [1.29, 1.82) is 0 Å². The molecule has 0 spiro atoms. The van der Waals surface area contributed by atoms with Gasteiger partial charge in [-0.1, -0.05) is 0 Å². The summed E-state index contributed by atoms with van der Waals surface area (Å²) in [5, 5.41) is 2.82. The van der Waals surface area contributed by atoms with Crippen molar-refractivity contribution in [1.82, 2.24) is 9.29 Å². The van der Waals surface area contributed by atoms with Crippen molar-refractivity contribution in [2.24, 2.45) is 0 Å². The Morgan fingerprint density at radius 2 is 2.25 bits per heavy atom. The van der Waals surface area contributed by atoms with Gasteiger partial charge in [-0.3, -0.25) is 0 Å². The van der Waals surface area contributed by atoms with Crippen LogP contribution in [0.3, 0.4) is 0 Å². The lowest BCUT2D eigenvalue weighted by atomic mass is 10.5. The van der Waals surface area contributed by atoms with Gasteiger partial charge in [-0.25, -0.2) is 13.4 Å². The zero-order valence-electron chi connectivity index (χ0n) is 9.31. The Balaban J connectivity index is 2.61. The normalized spacial score (nSPS) is 12.2. The molecule has 0 unspecified atom stereocenters. The summed E-state index contributed by atoms with van der Waals surface area (Å²) < 4.78 is 24.8. The van der Waals surface area contributed by atoms with Crippen LogP contribution in [0.4, 0.5) is 0 Å². The van der Waals surface area contributed by atoms with Gasteiger partial charge in [0.1, 0.15) is 0 Å².